The average molecular weight is 429 g/mol. The van der Waals surface area contributed by atoms with Crippen LogP contribution in [0.1, 0.15) is 57.3 Å². The van der Waals surface area contributed by atoms with E-state index in [0.717, 1.165) is 31.2 Å². The molecule has 0 aliphatic heterocycles. The van der Waals surface area contributed by atoms with E-state index in [0.29, 0.717) is 25.3 Å². The van der Waals surface area contributed by atoms with Gasteiger partial charge in [-0.1, -0.05) is 13.3 Å². The van der Waals surface area contributed by atoms with Crippen LogP contribution < -0.4 is 9.46 Å². The van der Waals surface area contributed by atoms with E-state index in [1.807, 2.05) is 18.4 Å². The van der Waals surface area contributed by atoms with Crippen molar-refractivity contribution in [3.63, 3.8) is 0 Å². The van der Waals surface area contributed by atoms with Gasteiger partial charge in [0, 0.05) is 24.2 Å². The molecule has 2 unspecified atom stereocenters. The molecule has 0 bridgehead atoms. The lowest BCUT2D eigenvalue weighted by atomic mass is 9.91. The fraction of sp³-hybridized carbons (Fsp3) is 0.579. The van der Waals surface area contributed by atoms with Crippen molar-refractivity contribution in [1.29, 1.82) is 0 Å². The van der Waals surface area contributed by atoms with Crippen molar-refractivity contribution < 1.29 is 21.9 Å². The third-order valence-corrected chi connectivity index (χ3v) is 6.68. The first-order valence-corrected chi connectivity index (χ1v) is 11.3. The summed E-state index contributed by atoms with van der Waals surface area (Å²) in [5.74, 6) is -1.46. The molecule has 0 radical (unpaired) electrons. The van der Waals surface area contributed by atoms with Crippen LogP contribution in [0.3, 0.4) is 0 Å². The quantitative estimate of drug-likeness (QED) is 0.651. The van der Waals surface area contributed by atoms with Crippen LogP contribution >= 0.6 is 0 Å². The van der Waals surface area contributed by atoms with Gasteiger partial charge in [-0.25, -0.2) is 21.9 Å². The van der Waals surface area contributed by atoms with Crippen LogP contribution in [0, 0.1) is 18.6 Å². The van der Waals surface area contributed by atoms with Crippen molar-refractivity contribution >= 4 is 10.0 Å². The maximum absolute atomic E-state index is 14.5. The van der Waals surface area contributed by atoms with Gasteiger partial charge in [0.2, 0.25) is 10.0 Å². The third kappa shape index (κ3) is 5.11. The summed E-state index contributed by atoms with van der Waals surface area (Å²) in [7, 11) is -4.22. The first-order chi connectivity index (χ1) is 13.8. The molecule has 0 spiro atoms. The Hall–Kier alpha value is -2.07. The smallest absolute Gasteiger partial charge is 0.243 e. The fourth-order valence-corrected chi connectivity index (χ4v) is 4.97. The third-order valence-electron chi connectivity index (χ3n) is 5.15. The van der Waals surface area contributed by atoms with Crippen molar-refractivity contribution in [3.8, 4) is 5.75 Å². The summed E-state index contributed by atoms with van der Waals surface area (Å²) in [6, 6.07) is 1.15. The van der Waals surface area contributed by atoms with E-state index < -0.39 is 26.6 Å². The standard InChI is InChI=1S/C19H26F2N4O3S/c1-3-4-8-28-18-10-17(21)19(11-16(18)20)29(26,27)24-14-6-5-7-15(9-14)25-12-22-23-13(25)2/h10-12,14-15,24H,3-9H2,1-2H3. The molecule has 2 atom stereocenters. The van der Waals surface area contributed by atoms with E-state index in [4.69, 9.17) is 4.74 Å². The highest BCUT2D eigenvalue weighted by atomic mass is 32.2. The Bertz CT molecular complexity index is 949. The van der Waals surface area contributed by atoms with Gasteiger partial charge in [0.15, 0.2) is 11.6 Å². The number of benzene rings is 1. The lowest BCUT2D eigenvalue weighted by molar-refractivity contribution is 0.291. The molecule has 1 saturated carbocycles. The molecule has 7 nitrogen and oxygen atoms in total. The number of aromatic nitrogens is 3. The van der Waals surface area contributed by atoms with E-state index in [1.165, 1.54) is 0 Å². The van der Waals surface area contributed by atoms with Gasteiger partial charge in [0.25, 0.3) is 0 Å². The number of rotatable bonds is 8. The monoisotopic (exact) mass is 428 g/mol. The summed E-state index contributed by atoms with van der Waals surface area (Å²) in [4.78, 5) is -0.708. The van der Waals surface area contributed by atoms with Crippen LogP contribution in [-0.2, 0) is 10.0 Å². The van der Waals surface area contributed by atoms with Gasteiger partial charge < -0.3 is 9.30 Å². The van der Waals surface area contributed by atoms with Crippen LogP contribution in [0.25, 0.3) is 0 Å². The van der Waals surface area contributed by atoms with Crippen LogP contribution in [0.4, 0.5) is 8.78 Å². The van der Waals surface area contributed by atoms with Crippen LogP contribution in [-0.4, -0.2) is 35.8 Å². The Morgan fingerprint density at radius 2 is 2.07 bits per heavy atom. The number of nitrogens with one attached hydrogen (secondary N) is 1. The van der Waals surface area contributed by atoms with Crippen LogP contribution in [0.2, 0.25) is 0 Å². The molecule has 1 aromatic heterocycles. The number of hydrogen-bond acceptors (Lipinski definition) is 5. The van der Waals surface area contributed by atoms with E-state index in [1.54, 1.807) is 6.33 Å². The molecule has 3 rings (SSSR count). The van der Waals surface area contributed by atoms with Crippen molar-refractivity contribution in [1.82, 2.24) is 19.5 Å². The van der Waals surface area contributed by atoms with Crippen molar-refractivity contribution in [2.45, 2.75) is 69.4 Å². The highest BCUT2D eigenvalue weighted by molar-refractivity contribution is 7.89. The van der Waals surface area contributed by atoms with E-state index >= 15 is 0 Å². The van der Waals surface area contributed by atoms with Gasteiger partial charge >= 0.3 is 0 Å². The minimum absolute atomic E-state index is 0.0578. The predicted octanol–water partition coefficient (Wildman–Crippen LogP) is 3.51. The van der Waals surface area contributed by atoms with Crippen LogP contribution in [0.15, 0.2) is 23.4 Å². The maximum Gasteiger partial charge on any atom is 0.243 e. The van der Waals surface area contributed by atoms with E-state index in [-0.39, 0.29) is 24.4 Å². The predicted molar refractivity (Wildman–Crippen MR) is 103 cm³/mol. The highest BCUT2D eigenvalue weighted by Gasteiger charge is 2.30. The Kier molecular flexibility index (Phi) is 6.84. The van der Waals surface area contributed by atoms with Gasteiger partial charge in [0.05, 0.1) is 6.61 Å². The molecule has 10 heteroatoms. The van der Waals surface area contributed by atoms with Crippen molar-refractivity contribution in [2.24, 2.45) is 0 Å². The summed E-state index contributed by atoms with van der Waals surface area (Å²) in [6.45, 7) is 4.02. The minimum atomic E-state index is -4.22. The van der Waals surface area contributed by atoms with Crippen molar-refractivity contribution in [3.05, 3.63) is 35.9 Å². The molecule has 1 heterocycles. The molecule has 1 N–H and O–H groups in total. The summed E-state index contributed by atoms with van der Waals surface area (Å²) >= 11 is 0. The molecule has 0 saturated heterocycles. The van der Waals surface area contributed by atoms with Gasteiger partial charge in [0.1, 0.15) is 22.9 Å². The second-order valence-corrected chi connectivity index (χ2v) is 9.02. The molecule has 1 aliphatic rings. The molecule has 1 aliphatic carbocycles. The first-order valence-electron chi connectivity index (χ1n) is 9.82. The minimum Gasteiger partial charge on any atom is -0.490 e. The number of nitrogens with zero attached hydrogens (tertiary/aromatic N) is 3. The molecule has 1 aromatic carbocycles. The number of sulfonamides is 1. The molecule has 29 heavy (non-hydrogen) atoms. The van der Waals surface area contributed by atoms with Gasteiger partial charge in [-0.2, -0.15) is 0 Å². The van der Waals surface area contributed by atoms with Gasteiger partial charge in [-0.3, -0.25) is 0 Å². The number of halogens is 2. The average Bonchev–Trinajstić information content (AvgIpc) is 3.10. The Balaban J connectivity index is 1.73. The zero-order chi connectivity index (χ0) is 21.0. The molecule has 1 fully saturated rings. The number of unbranched alkanes of at least 4 members (excludes halogenated alkanes) is 1. The Morgan fingerprint density at radius 1 is 1.28 bits per heavy atom. The summed E-state index contributed by atoms with van der Waals surface area (Å²) in [5.41, 5.74) is 0. The lowest BCUT2D eigenvalue weighted by Crippen LogP contribution is -2.39. The fourth-order valence-electron chi connectivity index (χ4n) is 3.62. The maximum atomic E-state index is 14.5. The number of aryl methyl sites for hydroxylation is 1. The van der Waals surface area contributed by atoms with E-state index in [9.17, 15) is 17.2 Å². The number of hydrogen-bond donors (Lipinski definition) is 1. The molecular formula is C19H26F2N4O3S. The molecular weight excluding hydrogens is 402 g/mol. The number of ether oxygens (including phenoxy) is 1. The van der Waals surface area contributed by atoms with Crippen molar-refractivity contribution in [2.75, 3.05) is 6.61 Å². The first kappa shape index (κ1) is 21.6. The van der Waals surface area contributed by atoms with Crippen LogP contribution in [0.5, 0.6) is 5.75 Å². The zero-order valence-electron chi connectivity index (χ0n) is 16.6. The molecule has 2 aromatic rings. The van der Waals surface area contributed by atoms with E-state index in [2.05, 4.69) is 14.9 Å². The lowest BCUT2D eigenvalue weighted by Gasteiger charge is -2.30. The second kappa shape index (κ2) is 9.17. The van der Waals surface area contributed by atoms with Gasteiger partial charge in [-0.15, -0.1) is 10.2 Å². The normalized spacial score (nSPS) is 20.0. The second-order valence-electron chi connectivity index (χ2n) is 7.34. The topological polar surface area (TPSA) is 86.1 Å². The highest BCUT2D eigenvalue weighted by Crippen LogP contribution is 2.31. The summed E-state index contributed by atoms with van der Waals surface area (Å²) in [6.07, 6.45) is 6.00. The molecule has 160 valence electrons. The zero-order valence-corrected chi connectivity index (χ0v) is 17.4. The Morgan fingerprint density at radius 3 is 2.76 bits per heavy atom. The SMILES string of the molecule is CCCCOc1cc(F)c(S(=O)(=O)NC2CCCC(n3cnnc3C)C2)cc1F. The summed E-state index contributed by atoms with van der Waals surface area (Å²) < 4.78 is 63.8. The summed E-state index contributed by atoms with van der Waals surface area (Å²) in [5, 5.41) is 7.84. The van der Waals surface area contributed by atoms with Gasteiger partial charge in [-0.05, 0) is 39.0 Å². The largest absolute Gasteiger partial charge is 0.490 e. The molecule has 0 amide bonds. The Labute approximate surface area is 169 Å².